The van der Waals surface area contributed by atoms with E-state index in [0.717, 1.165) is 25.0 Å². The Bertz CT molecular complexity index is 342. The van der Waals surface area contributed by atoms with Crippen LogP contribution in [-0.4, -0.2) is 26.2 Å². The molecule has 90 valence electrons. The number of hydrogen-bond acceptors (Lipinski definition) is 3. The summed E-state index contributed by atoms with van der Waals surface area (Å²) in [5.41, 5.74) is 1.03. The SMILES string of the molecule is CCC1(C(O)Cc2cn(C)nn2)CCCC1. The van der Waals surface area contributed by atoms with E-state index in [0.29, 0.717) is 6.42 Å². The second-order valence-electron chi connectivity index (χ2n) is 5.03. The minimum atomic E-state index is -0.267. The quantitative estimate of drug-likeness (QED) is 0.845. The monoisotopic (exact) mass is 223 g/mol. The second kappa shape index (κ2) is 4.53. The molecular weight excluding hydrogens is 202 g/mol. The molecule has 1 heterocycles. The molecule has 0 bridgehead atoms. The molecular formula is C12H21N3O. The van der Waals surface area contributed by atoms with Crippen LogP contribution in [0.25, 0.3) is 0 Å². The topological polar surface area (TPSA) is 50.9 Å². The van der Waals surface area contributed by atoms with Gasteiger partial charge in [-0.15, -0.1) is 5.10 Å². The number of hydrogen-bond donors (Lipinski definition) is 1. The Morgan fingerprint density at radius 3 is 2.69 bits per heavy atom. The van der Waals surface area contributed by atoms with E-state index in [1.54, 1.807) is 4.68 Å². The van der Waals surface area contributed by atoms with Gasteiger partial charge < -0.3 is 5.11 Å². The molecule has 0 spiro atoms. The predicted octanol–water partition coefficient (Wildman–Crippen LogP) is 1.69. The van der Waals surface area contributed by atoms with Crippen molar-refractivity contribution in [2.45, 2.75) is 51.6 Å². The molecule has 0 radical (unpaired) electrons. The molecule has 1 aromatic heterocycles. The van der Waals surface area contributed by atoms with E-state index >= 15 is 0 Å². The molecule has 2 rings (SSSR count). The van der Waals surface area contributed by atoms with Crippen LogP contribution in [-0.2, 0) is 13.5 Å². The lowest BCUT2D eigenvalue weighted by Gasteiger charge is -2.32. The normalized spacial score (nSPS) is 21.2. The van der Waals surface area contributed by atoms with E-state index in [-0.39, 0.29) is 11.5 Å². The standard InChI is InChI=1S/C12H21N3O/c1-3-12(6-4-5-7-12)11(16)8-10-9-15(2)14-13-10/h9,11,16H,3-8H2,1-2H3. The average Bonchev–Trinajstić information content (AvgIpc) is 2.88. The van der Waals surface area contributed by atoms with Crippen molar-refractivity contribution < 1.29 is 5.11 Å². The van der Waals surface area contributed by atoms with Gasteiger partial charge >= 0.3 is 0 Å². The zero-order chi connectivity index (χ0) is 11.6. The van der Waals surface area contributed by atoms with Crippen molar-refractivity contribution in [3.8, 4) is 0 Å². The summed E-state index contributed by atoms with van der Waals surface area (Å²) in [6, 6.07) is 0. The van der Waals surface area contributed by atoms with E-state index in [9.17, 15) is 5.11 Å². The molecule has 0 amide bonds. The van der Waals surface area contributed by atoms with Crippen LogP contribution < -0.4 is 0 Å². The lowest BCUT2D eigenvalue weighted by Crippen LogP contribution is -2.33. The Kier molecular flexibility index (Phi) is 3.28. The van der Waals surface area contributed by atoms with Crippen LogP contribution in [0.1, 0.15) is 44.7 Å². The fourth-order valence-electron chi connectivity index (χ4n) is 2.90. The van der Waals surface area contributed by atoms with Crippen LogP contribution in [0.3, 0.4) is 0 Å². The van der Waals surface area contributed by atoms with Gasteiger partial charge in [0.1, 0.15) is 0 Å². The number of aromatic nitrogens is 3. The number of nitrogens with zero attached hydrogens (tertiary/aromatic N) is 3. The van der Waals surface area contributed by atoms with Gasteiger partial charge in [-0.25, -0.2) is 0 Å². The van der Waals surface area contributed by atoms with Gasteiger partial charge in [-0.3, -0.25) is 4.68 Å². The van der Waals surface area contributed by atoms with Crippen molar-refractivity contribution in [3.63, 3.8) is 0 Å². The first-order valence-corrected chi connectivity index (χ1v) is 6.19. The zero-order valence-corrected chi connectivity index (χ0v) is 10.2. The van der Waals surface area contributed by atoms with Crippen molar-refractivity contribution in [2.24, 2.45) is 12.5 Å². The Morgan fingerprint density at radius 1 is 1.50 bits per heavy atom. The Hall–Kier alpha value is -0.900. The molecule has 1 atom stereocenters. The van der Waals surface area contributed by atoms with Crippen LogP contribution in [0.2, 0.25) is 0 Å². The Balaban J connectivity index is 2.03. The second-order valence-corrected chi connectivity index (χ2v) is 5.03. The molecule has 4 heteroatoms. The van der Waals surface area contributed by atoms with Crippen molar-refractivity contribution in [3.05, 3.63) is 11.9 Å². The van der Waals surface area contributed by atoms with Crippen LogP contribution in [0, 0.1) is 5.41 Å². The molecule has 0 saturated heterocycles. The maximum Gasteiger partial charge on any atom is 0.0852 e. The van der Waals surface area contributed by atoms with E-state index in [2.05, 4.69) is 17.2 Å². The summed E-state index contributed by atoms with van der Waals surface area (Å²) in [4.78, 5) is 0. The summed E-state index contributed by atoms with van der Waals surface area (Å²) in [5.74, 6) is 0. The summed E-state index contributed by atoms with van der Waals surface area (Å²) in [6.07, 6.45) is 8.15. The van der Waals surface area contributed by atoms with Crippen LogP contribution in [0.4, 0.5) is 0 Å². The van der Waals surface area contributed by atoms with Gasteiger partial charge in [0.2, 0.25) is 0 Å². The van der Waals surface area contributed by atoms with E-state index in [1.807, 2.05) is 13.2 Å². The summed E-state index contributed by atoms with van der Waals surface area (Å²) in [6.45, 7) is 2.19. The minimum absolute atomic E-state index is 0.136. The number of aliphatic hydroxyl groups is 1. The molecule has 1 N–H and O–H groups in total. The van der Waals surface area contributed by atoms with Crippen molar-refractivity contribution in [1.82, 2.24) is 15.0 Å². The van der Waals surface area contributed by atoms with Gasteiger partial charge in [0.25, 0.3) is 0 Å². The number of aliphatic hydroxyl groups excluding tert-OH is 1. The van der Waals surface area contributed by atoms with E-state index in [4.69, 9.17) is 0 Å². The molecule has 0 aliphatic heterocycles. The lowest BCUT2D eigenvalue weighted by molar-refractivity contribution is 0.0250. The van der Waals surface area contributed by atoms with Gasteiger partial charge in [-0.05, 0) is 24.7 Å². The fourth-order valence-corrected chi connectivity index (χ4v) is 2.90. The Morgan fingerprint density at radius 2 is 2.19 bits per heavy atom. The van der Waals surface area contributed by atoms with Crippen molar-refractivity contribution >= 4 is 0 Å². The highest BCUT2D eigenvalue weighted by Gasteiger charge is 2.39. The lowest BCUT2D eigenvalue weighted by atomic mass is 9.76. The minimum Gasteiger partial charge on any atom is -0.392 e. The van der Waals surface area contributed by atoms with Crippen molar-refractivity contribution in [2.75, 3.05) is 0 Å². The molecule has 1 fully saturated rings. The summed E-state index contributed by atoms with van der Waals surface area (Å²) in [5, 5.41) is 18.3. The van der Waals surface area contributed by atoms with Gasteiger partial charge in [-0.1, -0.05) is 25.0 Å². The largest absolute Gasteiger partial charge is 0.392 e. The third-order valence-electron chi connectivity index (χ3n) is 4.06. The van der Waals surface area contributed by atoms with Crippen LogP contribution >= 0.6 is 0 Å². The smallest absolute Gasteiger partial charge is 0.0852 e. The highest BCUT2D eigenvalue weighted by molar-refractivity contribution is 5.00. The predicted molar refractivity (Wildman–Crippen MR) is 61.9 cm³/mol. The third kappa shape index (κ3) is 2.12. The van der Waals surface area contributed by atoms with Gasteiger partial charge in [-0.2, -0.15) is 0 Å². The molecule has 4 nitrogen and oxygen atoms in total. The molecule has 0 aromatic carbocycles. The van der Waals surface area contributed by atoms with Crippen molar-refractivity contribution in [1.29, 1.82) is 0 Å². The average molecular weight is 223 g/mol. The first-order valence-electron chi connectivity index (χ1n) is 6.19. The maximum absolute atomic E-state index is 10.4. The highest BCUT2D eigenvalue weighted by Crippen LogP contribution is 2.44. The number of rotatable bonds is 4. The summed E-state index contributed by atoms with van der Waals surface area (Å²) >= 11 is 0. The third-order valence-corrected chi connectivity index (χ3v) is 4.06. The van der Waals surface area contributed by atoms with E-state index < -0.39 is 0 Å². The van der Waals surface area contributed by atoms with Gasteiger partial charge in [0.15, 0.2) is 0 Å². The van der Waals surface area contributed by atoms with Crippen LogP contribution in [0.15, 0.2) is 6.20 Å². The van der Waals surface area contributed by atoms with E-state index in [1.165, 1.54) is 12.8 Å². The molecule has 1 aromatic rings. The van der Waals surface area contributed by atoms with Crippen LogP contribution in [0.5, 0.6) is 0 Å². The molecule has 1 saturated carbocycles. The van der Waals surface area contributed by atoms with Gasteiger partial charge in [0.05, 0.1) is 11.8 Å². The molecule has 1 aliphatic carbocycles. The summed E-state index contributed by atoms with van der Waals surface area (Å²) < 4.78 is 1.69. The highest BCUT2D eigenvalue weighted by atomic mass is 16.3. The maximum atomic E-state index is 10.4. The first kappa shape index (κ1) is 11.6. The van der Waals surface area contributed by atoms with Gasteiger partial charge in [0, 0.05) is 19.7 Å². The Labute approximate surface area is 96.7 Å². The fraction of sp³-hybridized carbons (Fsp3) is 0.833. The summed E-state index contributed by atoms with van der Waals surface area (Å²) in [7, 11) is 1.86. The molecule has 16 heavy (non-hydrogen) atoms. The number of aryl methyl sites for hydroxylation is 1. The first-order chi connectivity index (χ1) is 7.66. The molecule has 1 aliphatic rings. The zero-order valence-electron chi connectivity index (χ0n) is 10.2. The molecule has 1 unspecified atom stereocenters.